The van der Waals surface area contributed by atoms with E-state index in [1.54, 1.807) is 0 Å². The topological polar surface area (TPSA) is 12.9 Å². The molecule has 3 aromatic carbocycles. The Balaban J connectivity index is 1.83. The molecule has 1 aromatic heterocycles. The van der Waals surface area contributed by atoms with Crippen LogP contribution in [0.25, 0.3) is 32.8 Å². The molecule has 2 heteroatoms. The van der Waals surface area contributed by atoms with Gasteiger partial charge >= 0.3 is 0 Å². The molecule has 1 aliphatic rings. The molecule has 164 valence electrons. The normalized spacial score (nSPS) is 13.6. The maximum Gasteiger partial charge on any atom is 0.0803 e. The van der Waals surface area contributed by atoms with E-state index in [2.05, 4.69) is 90.9 Å². The summed E-state index contributed by atoms with van der Waals surface area (Å²) >= 11 is 1.97. The zero-order chi connectivity index (χ0) is 22.8. The van der Waals surface area contributed by atoms with Crippen LogP contribution in [0.3, 0.4) is 0 Å². The molecule has 0 fully saturated rings. The second-order valence-corrected chi connectivity index (χ2v) is 12.9. The summed E-state index contributed by atoms with van der Waals surface area (Å²) in [6.07, 6.45) is 4.12. The van der Waals surface area contributed by atoms with Crippen molar-refractivity contribution in [2.75, 3.05) is 0 Å². The van der Waals surface area contributed by atoms with Crippen LogP contribution in [-0.4, -0.2) is 4.98 Å². The Morgan fingerprint density at radius 2 is 1.53 bits per heavy atom. The summed E-state index contributed by atoms with van der Waals surface area (Å²) in [5.74, 6) is 0. The number of pyridine rings is 1. The van der Waals surface area contributed by atoms with Crippen molar-refractivity contribution in [2.45, 2.75) is 71.1 Å². The van der Waals surface area contributed by atoms with Gasteiger partial charge in [-0.05, 0) is 81.6 Å². The lowest BCUT2D eigenvalue weighted by atomic mass is 9.83. The summed E-state index contributed by atoms with van der Waals surface area (Å²) in [5, 5.41) is 5.38. The van der Waals surface area contributed by atoms with Gasteiger partial charge in [-0.15, -0.1) is 0 Å². The molecule has 0 atom stereocenters. The van der Waals surface area contributed by atoms with E-state index in [4.69, 9.17) is 4.98 Å². The van der Waals surface area contributed by atoms with Crippen molar-refractivity contribution in [2.24, 2.45) is 10.8 Å². The first-order valence-electron chi connectivity index (χ1n) is 11.7. The first kappa shape index (κ1) is 21.5. The van der Waals surface area contributed by atoms with E-state index in [9.17, 15) is 0 Å². The van der Waals surface area contributed by atoms with Gasteiger partial charge in [0.05, 0.1) is 5.69 Å². The van der Waals surface area contributed by atoms with Crippen molar-refractivity contribution in [3.05, 3.63) is 65.4 Å². The second-order valence-electron chi connectivity index (χ2n) is 11.8. The zero-order valence-corrected chi connectivity index (χ0v) is 21.2. The number of aryl methyl sites for hydroxylation is 1. The summed E-state index contributed by atoms with van der Waals surface area (Å²) in [4.78, 5) is 7.70. The molecule has 1 nitrogen and oxygen atoms in total. The number of fused-ring (bicyclic) bond motifs is 3. The molecule has 4 aromatic rings. The average Bonchev–Trinajstić information content (AvgIpc) is 2.66. The molecule has 0 saturated heterocycles. The highest BCUT2D eigenvalue weighted by atomic mass is 32.2. The molecule has 0 bridgehead atoms. The average molecular weight is 440 g/mol. The Morgan fingerprint density at radius 3 is 2.25 bits per heavy atom. The number of benzene rings is 3. The third-order valence-corrected chi connectivity index (χ3v) is 7.43. The summed E-state index contributed by atoms with van der Waals surface area (Å²) < 4.78 is 0. The molecule has 32 heavy (non-hydrogen) atoms. The minimum absolute atomic E-state index is 0.207. The van der Waals surface area contributed by atoms with E-state index in [1.165, 1.54) is 53.6 Å². The summed E-state index contributed by atoms with van der Waals surface area (Å²) in [6.45, 7) is 16.2. The predicted molar refractivity (Wildman–Crippen MR) is 140 cm³/mol. The van der Waals surface area contributed by atoms with Gasteiger partial charge in [-0.3, -0.25) is 4.98 Å². The van der Waals surface area contributed by atoms with Crippen molar-refractivity contribution < 1.29 is 0 Å². The van der Waals surface area contributed by atoms with Gasteiger partial charge in [0.2, 0.25) is 0 Å². The molecule has 5 rings (SSSR count). The lowest BCUT2D eigenvalue weighted by molar-refractivity contribution is 0.409. The molecule has 0 aliphatic carbocycles. The van der Waals surface area contributed by atoms with Crippen LogP contribution in [0, 0.1) is 17.8 Å². The predicted octanol–water partition coefficient (Wildman–Crippen LogP) is 9.01. The highest BCUT2D eigenvalue weighted by Gasteiger charge is 2.27. The fraction of sp³-hybridized carbons (Fsp3) is 0.367. The molecule has 0 amide bonds. The largest absolute Gasteiger partial charge is 0.256 e. The molecule has 0 unspecified atom stereocenters. The second kappa shape index (κ2) is 7.35. The van der Waals surface area contributed by atoms with Gasteiger partial charge in [-0.2, -0.15) is 0 Å². The number of hydrogen-bond acceptors (Lipinski definition) is 2. The van der Waals surface area contributed by atoms with Crippen molar-refractivity contribution in [3.8, 4) is 11.3 Å². The third kappa shape index (κ3) is 3.83. The maximum absolute atomic E-state index is 4.94. The van der Waals surface area contributed by atoms with Crippen molar-refractivity contribution in [1.82, 2.24) is 4.98 Å². The van der Waals surface area contributed by atoms with Crippen LogP contribution in [0.15, 0.2) is 58.5 Å². The van der Waals surface area contributed by atoms with Crippen LogP contribution >= 0.6 is 11.8 Å². The lowest BCUT2D eigenvalue weighted by Gasteiger charge is -2.28. The summed E-state index contributed by atoms with van der Waals surface area (Å²) in [5.41, 5.74) is 7.18. The molecular formula is C30H33NS. The first-order chi connectivity index (χ1) is 15.0. The molecule has 0 radical (unpaired) electrons. The minimum Gasteiger partial charge on any atom is -0.256 e. The van der Waals surface area contributed by atoms with Crippen LogP contribution in [0.5, 0.6) is 0 Å². The Morgan fingerprint density at radius 1 is 0.812 bits per heavy atom. The third-order valence-electron chi connectivity index (χ3n) is 6.22. The quantitative estimate of drug-likeness (QED) is 0.272. The molecule has 2 heterocycles. The SMILES string of the molecule is Cc1cccc2cc3c(c(CC(C)(C)C)c12)Sc1cc(CC(C)(C)C)cc2ccnc-3c12. The summed E-state index contributed by atoms with van der Waals surface area (Å²) in [6, 6.07) is 16.1. The molecule has 1 aliphatic heterocycles. The molecule has 0 spiro atoms. The lowest BCUT2D eigenvalue weighted by Crippen LogP contribution is -2.12. The fourth-order valence-electron chi connectivity index (χ4n) is 5.16. The minimum atomic E-state index is 0.207. The number of nitrogens with zero attached hydrogens (tertiary/aromatic N) is 1. The van der Waals surface area contributed by atoms with Crippen LogP contribution in [0.2, 0.25) is 0 Å². The van der Waals surface area contributed by atoms with Gasteiger partial charge in [-0.1, -0.05) is 77.6 Å². The van der Waals surface area contributed by atoms with Gasteiger partial charge in [0.1, 0.15) is 0 Å². The van der Waals surface area contributed by atoms with E-state index < -0.39 is 0 Å². The molecular weight excluding hydrogens is 406 g/mol. The van der Waals surface area contributed by atoms with Crippen molar-refractivity contribution in [3.63, 3.8) is 0 Å². The Kier molecular flexibility index (Phi) is 4.94. The maximum atomic E-state index is 4.94. The van der Waals surface area contributed by atoms with Gasteiger partial charge in [0.15, 0.2) is 0 Å². The highest BCUT2D eigenvalue weighted by Crippen LogP contribution is 2.51. The van der Waals surface area contributed by atoms with Crippen molar-refractivity contribution in [1.29, 1.82) is 0 Å². The smallest absolute Gasteiger partial charge is 0.0803 e. The van der Waals surface area contributed by atoms with Gasteiger partial charge in [-0.25, -0.2) is 0 Å². The van der Waals surface area contributed by atoms with Crippen LogP contribution < -0.4 is 0 Å². The molecule has 0 saturated carbocycles. The number of rotatable bonds is 2. The van der Waals surface area contributed by atoms with E-state index in [1.807, 2.05) is 18.0 Å². The first-order valence-corrected chi connectivity index (χ1v) is 12.5. The Labute approximate surface area is 196 Å². The monoisotopic (exact) mass is 439 g/mol. The van der Waals surface area contributed by atoms with E-state index in [0.717, 1.165) is 18.5 Å². The van der Waals surface area contributed by atoms with E-state index in [-0.39, 0.29) is 10.8 Å². The number of aromatic nitrogens is 1. The van der Waals surface area contributed by atoms with Gasteiger partial charge in [0.25, 0.3) is 0 Å². The zero-order valence-electron chi connectivity index (χ0n) is 20.4. The van der Waals surface area contributed by atoms with Gasteiger partial charge in [0, 0.05) is 26.9 Å². The van der Waals surface area contributed by atoms with Crippen LogP contribution in [-0.2, 0) is 12.8 Å². The molecule has 0 N–H and O–H groups in total. The van der Waals surface area contributed by atoms with Crippen LogP contribution in [0.4, 0.5) is 0 Å². The van der Waals surface area contributed by atoms with Crippen molar-refractivity contribution >= 4 is 33.3 Å². The highest BCUT2D eigenvalue weighted by molar-refractivity contribution is 7.99. The summed E-state index contributed by atoms with van der Waals surface area (Å²) in [7, 11) is 0. The Hall–Kier alpha value is -2.32. The Bertz CT molecular complexity index is 1370. The standard InChI is InChI=1S/C30H33NS/c1-18-9-8-10-20-15-22-27-26-21(11-12-31-27)13-19(16-29(2,3)4)14-24(26)32-28(22)23(25(18)20)17-30(5,6)7/h8-15H,16-17H2,1-7H3. The van der Waals surface area contributed by atoms with Gasteiger partial charge < -0.3 is 0 Å². The van der Waals surface area contributed by atoms with Crippen LogP contribution in [0.1, 0.15) is 58.2 Å². The fourth-order valence-corrected chi connectivity index (χ4v) is 6.47. The van der Waals surface area contributed by atoms with E-state index in [0.29, 0.717) is 0 Å². The number of hydrogen-bond donors (Lipinski definition) is 0. The van der Waals surface area contributed by atoms with E-state index >= 15 is 0 Å².